The molecule has 6 heteroatoms. The summed E-state index contributed by atoms with van der Waals surface area (Å²) in [6, 6.07) is 7.10. The molecule has 1 aromatic rings. The number of amides is 2. The molecule has 0 bridgehead atoms. The van der Waals surface area contributed by atoms with Crippen molar-refractivity contribution in [1.29, 1.82) is 0 Å². The molecule has 0 unspecified atom stereocenters. The Kier molecular flexibility index (Phi) is 7.55. The van der Waals surface area contributed by atoms with Crippen LogP contribution in [-0.2, 0) is 9.53 Å². The van der Waals surface area contributed by atoms with Crippen molar-refractivity contribution >= 4 is 27.7 Å². The molecule has 1 fully saturated rings. The van der Waals surface area contributed by atoms with Gasteiger partial charge in [-0.25, -0.2) is 0 Å². The Morgan fingerprint density at radius 3 is 2.57 bits per heavy atom. The molecule has 2 amide bonds. The number of benzene rings is 1. The van der Waals surface area contributed by atoms with E-state index in [2.05, 4.69) is 26.6 Å². The van der Waals surface area contributed by atoms with E-state index in [1.165, 1.54) is 12.8 Å². The summed E-state index contributed by atoms with van der Waals surface area (Å²) in [4.78, 5) is 23.5. The highest BCUT2D eigenvalue weighted by Gasteiger charge is 2.20. The zero-order valence-corrected chi connectivity index (χ0v) is 14.7. The molecule has 1 saturated carbocycles. The van der Waals surface area contributed by atoms with Crippen molar-refractivity contribution < 1.29 is 14.3 Å². The predicted octanol–water partition coefficient (Wildman–Crippen LogP) is 2.50. The van der Waals surface area contributed by atoms with E-state index in [-0.39, 0.29) is 18.2 Å². The van der Waals surface area contributed by atoms with Gasteiger partial charge < -0.3 is 15.4 Å². The SMILES string of the molecule is O=C(CCNC(=O)c1ccc(Br)cc1)NCCCOCC1CC1. The quantitative estimate of drug-likeness (QED) is 0.610. The third-order valence-electron chi connectivity index (χ3n) is 3.58. The fraction of sp³-hybridized carbons (Fsp3) is 0.529. The molecule has 0 atom stereocenters. The number of rotatable bonds is 10. The lowest BCUT2D eigenvalue weighted by Gasteiger charge is -2.07. The maximum atomic E-state index is 11.9. The second-order valence-electron chi connectivity index (χ2n) is 5.73. The minimum absolute atomic E-state index is 0.0525. The zero-order valence-electron chi connectivity index (χ0n) is 13.1. The molecule has 0 radical (unpaired) electrons. The molecule has 1 aliphatic rings. The van der Waals surface area contributed by atoms with Gasteiger partial charge in [-0.15, -0.1) is 0 Å². The van der Waals surface area contributed by atoms with Crippen LogP contribution in [0.4, 0.5) is 0 Å². The summed E-state index contributed by atoms with van der Waals surface area (Å²) in [6.07, 6.45) is 3.69. The van der Waals surface area contributed by atoms with Crippen molar-refractivity contribution in [3.8, 4) is 0 Å². The summed E-state index contributed by atoms with van der Waals surface area (Å²) in [5, 5.41) is 5.57. The van der Waals surface area contributed by atoms with Gasteiger partial charge in [0.1, 0.15) is 0 Å². The number of hydrogen-bond donors (Lipinski definition) is 2. The summed E-state index contributed by atoms with van der Waals surface area (Å²) in [5.74, 6) is 0.556. The first-order valence-corrected chi connectivity index (χ1v) is 8.82. The van der Waals surface area contributed by atoms with Crippen molar-refractivity contribution in [2.45, 2.75) is 25.7 Å². The Morgan fingerprint density at radius 1 is 1.13 bits per heavy atom. The normalized spacial score (nSPS) is 13.6. The Morgan fingerprint density at radius 2 is 1.87 bits per heavy atom. The van der Waals surface area contributed by atoms with Crippen molar-refractivity contribution in [3.05, 3.63) is 34.3 Å². The first-order valence-electron chi connectivity index (χ1n) is 8.03. The standard InChI is InChI=1S/C17H23BrN2O3/c18-15-6-4-14(5-7-15)17(22)20-10-8-16(21)19-9-1-11-23-12-13-2-3-13/h4-7,13H,1-3,8-12H2,(H,19,21)(H,20,22). The molecule has 1 aromatic carbocycles. The van der Waals surface area contributed by atoms with E-state index < -0.39 is 0 Å². The minimum atomic E-state index is -0.168. The van der Waals surface area contributed by atoms with Crippen LogP contribution >= 0.6 is 15.9 Å². The van der Waals surface area contributed by atoms with Crippen molar-refractivity contribution in [2.24, 2.45) is 5.92 Å². The molecule has 2 N–H and O–H groups in total. The fourth-order valence-corrected chi connectivity index (χ4v) is 2.28. The molecule has 23 heavy (non-hydrogen) atoms. The Labute approximate surface area is 145 Å². The monoisotopic (exact) mass is 382 g/mol. The van der Waals surface area contributed by atoms with Crippen LogP contribution in [-0.4, -0.2) is 38.1 Å². The van der Waals surface area contributed by atoms with Crippen molar-refractivity contribution in [2.75, 3.05) is 26.3 Å². The average Bonchev–Trinajstić information content (AvgIpc) is 3.35. The molecule has 0 aromatic heterocycles. The van der Waals surface area contributed by atoms with Gasteiger partial charge >= 0.3 is 0 Å². The third-order valence-corrected chi connectivity index (χ3v) is 4.11. The number of hydrogen-bond acceptors (Lipinski definition) is 3. The van der Waals surface area contributed by atoms with Crippen molar-refractivity contribution in [1.82, 2.24) is 10.6 Å². The van der Waals surface area contributed by atoms with Gasteiger partial charge in [0.25, 0.3) is 5.91 Å². The Balaban J connectivity index is 1.48. The van der Waals surface area contributed by atoms with E-state index in [0.717, 1.165) is 23.4 Å². The molecule has 0 heterocycles. The largest absolute Gasteiger partial charge is 0.381 e. The van der Waals surface area contributed by atoms with Gasteiger partial charge in [-0.2, -0.15) is 0 Å². The van der Waals surface area contributed by atoms with Crippen LogP contribution in [0.15, 0.2) is 28.7 Å². The summed E-state index contributed by atoms with van der Waals surface area (Å²) in [6.45, 7) is 2.50. The molecule has 2 rings (SSSR count). The molecule has 0 saturated heterocycles. The highest BCUT2D eigenvalue weighted by atomic mass is 79.9. The predicted molar refractivity (Wildman–Crippen MR) is 92.3 cm³/mol. The van der Waals surface area contributed by atoms with Crippen LogP contribution in [0.25, 0.3) is 0 Å². The first-order chi connectivity index (χ1) is 11.1. The van der Waals surface area contributed by atoms with Gasteiger partial charge in [0.05, 0.1) is 0 Å². The Bertz CT molecular complexity index is 515. The van der Waals surface area contributed by atoms with E-state index >= 15 is 0 Å². The highest BCUT2D eigenvalue weighted by molar-refractivity contribution is 9.10. The number of nitrogens with one attached hydrogen (secondary N) is 2. The van der Waals surface area contributed by atoms with Gasteiger partial charge in [0.2, 0.25) is 5.91 Å². The van der Waals surface area contributed by atoms with Gasteiger partial charge in [-0.3, -0.25) is 9.59 Å². The smallest absolute Gasteiger partial charge is 0.251 e. The number of carbonyl (C=O) groups excluding carboxylic acids is 2. The van der Waals surface area contributed by atoms with Gasteiger partial charge in [-0.05, 0) is 49.4 Å². The van der Waals surface area contributed by atoms with E-state index in [0.29, 0.717) is 25.3 Å². The van der Waals surface area contributed by atoms with Crippen LogP contribution in [0, 0.1) is 5.92 Å². The molecular formula is C17H23BrN2O3. The summed E-state index contributed by atoms with van der Waals surface area (Å²) in [7, 11) is 0. The lowest BCUT2D eigenvalue weighted by atomic mass is 10.2. The minimum Gasteiger partial charge on any atom is -0.381 e. The summed E-state index contributed by atoms with van der Waals surface area (Å²) in [5.41, 5.74) is 0.585. The maximum Gasteiger partial charge on any atom is 0.251 e. The summed E-state index contributed by atoms with van der Waals surface area (Å²) < 4.78 is 6.42. The Hall–Kier alpha value is -1.40. The van der Waals surface area contributed by atoms with Crippen LogP contribution in [0.1, 0.15) is 36.0 Å². The first kappa shape index (κ1) is 17.9. The summed E-state index contributed by atoms with van der Waals surface area (Å²) >= 11 is 3.32. The molecule has 126 valence electrons. The maximum absolute atomic E-state index is 11.9. The van der Waals surface area contributed by atoms with E-state index in [1.54, 1.807) is 12.1 Å². The highest BCUT2D eigenvalue weighted by Crippen LogP contribution is 2.28. The average molecular weight is 383 g/mol. The fourth-order valence-electron chi connectivity index (χ4n) is 2.02. The number of ether oxygens (including phenoxy) is 1. The number of carbonyl (C=O) groups is 2. The lowest BCUT2D eigenvalue weighted by molar-refractivity contribution is -0.121. The third kappa shape index (κ3) is 7.61. The molecular weight excluding hydrogens is 360 g/mol. The second kappa shape index (κ2) is 9.67. The molecule has 0 spiro atoms. The molecule has 5 nitrogen and oxygen atoms in total. The van der Waals surface area contributed by atoms with Crippen LogP contribution in [0.2, 0.25) is 0 Å². The van der Waals surface area contributed by atoms with Gasteiger partial charge in [-0.1, -0.05) is 15.9 Å². The zero-order chi connectivity index (χ0) is 16.5. The lowest BCUT2D eigenvalue weighted by Crippen LogP contribution is -2.31. The topological polar surface area (TPSA) is 67.4 Å². The van der Waals surface area contributed by atoms with Gasteiger partial charge in [0, 0.05) is 42.8 Å². The van der Waals surface area contributed by atoms with Gasteiger partial charge in [0.15, 0.2) is 0 Å². The number of halogens is 1. The second-order valence-corrected chi connectivity index (χ2v) is 6.65. The van der Waals surface area contributed by atoms with Crippen LogP contribution in [0.3, 0.4) is 0 Å². The molecule has 1 aliphatic carbocycles. The molecule has 0 aliphatic heterocycles. The van der Waals surface area contributed by atoms with Crippen LogP contribution < -0.4 is 10.6 Å². The van der Waals surface area contributed by atoms with E-state index in [4.69, 9.17) is 4.74 Å². The van der Waals surface area contributed by atoms with E-state index in [1.807, 2.05) is 12.1 Å². The van der Waals surface area contributed by atoms with E-state index in [9.17, 15) is 9.59 Å². The van der Waals surface area contributed by atoms with Crippen LogP contribution in [0.5, 0.6) is 0 Å². The van der Waals surface area contributed by atoms with Crippen molar-refractivity contribution in [3.63, 3.8) is 0 Å².